The molecule has 2 aromatic rings. The number of aliphatic hydroxyl groups excluding tert-OH is 3. The molecule has 34 heavy (non-hydrogen) atoms. The highest BCUT2D eigenvalue weighted by molar-refractivity contribution is 6.03. The van der Waals surface area contributed by atoms with Gasteiger partial charge in [-0.15, -0.1) is 0 Å². The predicted octanol–water partition coefficient (Wildman–Crippen LogP) is 0.961. The number of esters is 3. The van der Waals surface area contributed by atoms with Crippen molar-refractivity contribution in [2.75, 3.05) is 6.61 Å². The van der Waals surface area contributed by atoms with Gasteiger partial charge in [-0.2, -0.15) is 0 Å². The van der Waals surface area contributed by atoms with E-state index in [9.17, 15) is 29.7 Å². The average molecular weight is 474 g/mol. The molecule has 3 rings (SSSR count). The number of carbonyl (C=O) groups is 3. The first kappa shape index (κ1) is 25.3. The van der Waals surface area contributed by atoms with Crippen molar-refractivity contribution >= 4 is 17.9 Å². The zero-order chi connectivity index (χ0) is 24.7. The molecule has 0 spiro atoms. The molecule has 1 fully saturated rings. The monoisotopic (exact) mass is 474 g/mol. The summed E-state index contributed by atoms with van der Waals surface area (Å²) in [5.74, 6) is -2.82. The zero-order valence-electron chi connectivity index (χ0n) is 18.4. The summed E-state index contributed by atoms with van der Waals surface area (Å²) >= 11 is 0. The molecular weight excluding hydrogens is 448 g/mol. The largest absolute Gasteiger partial charge is 0.462 e. The molecule has 2 aromatic carbocycles. The number of ether oxygens (including phenoxy) is 4. The summed E-state index contributed by atoms with van der Waals surface area (Å²) in [6.07, 6.45) is -8.53. The Balaban J connectivity index is 1.71. The Morgan fingerprint density at radius 1 is 0.824 bits per heavy atom. The van der Waals surface area contributed by atoms with Crippen LogP contribution in [0.1, 0.15) is 39.6 Å². The fourth-order valence-corrected chi connectivity index (χ4v) is 3.23. The van der Waals surface area contributed by atoms with Crippen molar-refractivity contribution in [3.63, 3.8) is 0 Å². The van der Waals surface area contributed by atoms with Crippen molar-refractivity contribution in [1.82, 2.24) is 0 Å². The fraction of sp³-hybridized carbons (Fsp3) is 0.375. The van der Waals surface area contributed by atoms with E-state index >= 15 is 0 Å². The van der Waals surface area contributed by atoms with Crippen molar-refractivity contribution < 1.29 is 48.7 Å². The molecule has 182 valence electrons. The summed E-state index contributed by atoms with van der Waals surface area (Å²) in [4.78, 5) is 37.5. The molecule has 0 unspecified atom stereocenters. The minimum absolute atomic E-state index is 0.0642. The number of carbonyl (C=O) groups excluding carboxylic acids is 3. The molecule has 3 N–H and O–H groups in total. The molecule has 1 aliphatic rings. The lowest BCUT2D eigenvalue weighted by Gasteiger charge is -2.38. The summed E-state index contributed by atoms with van der Waals surface area (Å²) in [5, 5.41) is 30.6. The molecule has 5 atom stereocenters. The van der Waals surface area contributed by atoms with Crippen LogP contribution in [-0.2, 0) is 30.3 Å². The number of rotatable bonds is 8. The van der Waals surface area contributed by atoms with Crippen LogP contribution in [0, 0.1) is 0 Å². The Hall–Kier alpha value is -3.31. The van der Waals surface area contributed by atoms with E-state index in [1.807, 2.05) is 6.92 Å². The minimum atomic E-state index is -1.87. The van der Waals surface area contributed by atoms with Crippen LogP contribution < -0.4 is 0 Å². The van der Waals surface area contributed by atoms with Gasteiger partial charge in [-0.1, -0.05) is 49.4 Å². The van der Waals surface area contributed by atoms with Crippen molar-refractivity contribution in [1.29, 1.82) is 0 Å². The van der Waals surface area contributed by atoms with Gasteiger partial charge in [0.05, 0.1) is 17.7 Å². The molecule has 1 saturated heterocycles. The van der Waals surface area contributed by atoms with Gasteiger partial charge in [0.15, 0.2) is 6.10 Å². The molecule has 1 aliphatic heterocycles. The van der Waals surface area contributed by atoms with Gasteiger partial charge in [0.25, 0.3) is 0 Å². The fourth-order valence-electron chi connectivity index (χ4n) is 3.23. The van der Waals surface area contributed by atoms with Gasteiger partial charge >= 0.3 is 17.9 Å². The Bertz CT molecular complexity index is 992. The summed E-state index contributed by atoms with van der Waals surface area (Å²) in [5.41, 5.74) is 0.449. The van der Waals surface area contributed by atoms with Gasteiger partial charge in [0, 0.05) is 0 Å². The summed E-state index contributed by atoms with van der Waals surface area (Å²) in [7, 11) is 0. The first-order valence-electron chi connectivity index (χ1n) is 10.7. The summed E-state index contributed by atoms with van der Waals surface area (Å²) in [6, 6.07) is 14.4. The van der Waals surface area contributed by atoms with Crippen molar-refractivity contribution in [2.45, 2.75) is 50.7 Å². The van der Waals surface area contributed by atoms with Gasteiger partial charge in [-0.25, -0.2) is 14.4 Å². The number of hydrogen-bond donors (Lipinski definition) is 3. The molecule has 0 radical (unpaired) electrons. The lowest BCUT2D eigenvalue weighted by atomic mass is 9.99. The first-order chi connectivity index (χ1) is 16.3. The molecule has 0 bridgehead atoms. The Labute approximate surface area is 195 Å². The molecule has 0 aliphatic carbocycles. The van der Waals surface area contributed by atoms with Gasteiger partial charge in [-0.3, -0.25) is 0 Å². The predicted molar refractivity (Wildman–Crippen MR) is 115 cm³/mol. The van der Waals surface area contributed by atoms with E-state index < -0.39 is 48.6 Å². The van der Waals surface area contributed by atoms with Crippen LogP contribution in [0.15, 0.2) is 54.6 Å². The molecule has 10 nitrogen and oxygen atoms in total. The van der Waals surface area contributed by atoms with Crippen molar-refractivity contribution in [3.05, 3.63) is 71.3 Å². The third-order valence-electron chi connectivity index (χ3n) is 5.05. The Morgan fingerprint density at radius 2 is 1.44 bits per heavy atom. The van der Waals surface area contributed by atoms with E-state index in [-0.39, 0.29) is 24.3 Å². The van der Waals surface area contributed by atoms with E-state index in [0.717, 1.165) is 0 Å². The quantitative estimate of drug-likeness (QED) is 0.373. The van der Waals surface area contributed by atoms with E-state index in [1.54, 1.807) is 30.3 Å². The lowest BCUT2D eigenvalue weighted by Crippen LogP contribution is -2.60. The topological polar surface area (TPSA) is 149 Å². The lowest BCUT2D eigenvalue weighted by molar-refractivity contribution is -0.280. The average Bonchev–Trinajstić information content (AvgIpc) is 2.86. The Morgan fingerprint density at radius 3 is 2.09 bits per heavy atom. The second kappa shape index (κ2) is 11.7. The third-order valence-corrected chi connectivity index (χ3v) is 5.05. The summed E-state index contributed by atoms with van der Waals surface area (Å²) in [6.45, 7) is 1.85. The molecule has 0 aromatic heterocycles. The number of benzene rings is 2. The Kier molecular flexibility index (Phi) is 8.72. The van der Waals surface area contributed by atoms with E-state index in [2.05, 4.69) is 0 Å². The maximum absolute atomic E-state index is 12.8. The van der Waals surface area contributed by atoms with Crippen LogP contribution in [-0.4, -0.2) is 70.5 Å². The van der Waals surface area contributed by atoms with E-state index in [0.29, 0.717) is 12.0 Å². The molecule has 10 heteroatoms. The highest BCUT2D eigenvalue weighted by Crippen LogP contribution is 2.25. The minimum Gasteiger partial charge on any atom is -0.462 e. The maximum atomic E-state index is 12.8. The van der Waals surface area contributed by atoms with E-state index in [1.165, 1.54) is 24.3 Å². The maximum Gasteiger partial charge on any atom is 0.341 e. The van der Waals surface area contributed by atoms with Crippen LogP contribution in [0.25, 0.3) is 0 Å². The van der Waals surface area contributed by atoms with Gasteiger partial charge < -0.3 is 34.3 Å². The summed E-state index contributed by atoms with van der Waals surface area (Å²) < 4.78 is 20.6. The highest BCUT2D eigenvalue weighted by atomic mass is 16.7. The second-order valence-electron chi connectivity index (χ2n) is 7.58. The van der Waals surface area contributed by atoms with Gasteiger partial charge in [-0.05, 0) is 24.1 Å². The normalized spacial score (nSPS) is 24.2. The molecule has 0 amide bonds. The first-order valence-corrected chi connectivity index (χ1v) is 10.7. The number of hydrogen-bond acceptors (Lipinski definition) is 10. The van der Waals surface area contributed by atoms with Crippen LogP contribution in [0.5, 0.6) is 0 Å². The van der Waals surface area contributed by atoms with Gasteiger partial charge in [0.1, 0.15) is 24.9 Å². The van der Waals surface area contributed by atoms with Crippen LogP contribution in [0.3, 0.4) is 0 Å². The van der Waals surface area contributed by atoms with Crippen LogP contribution in [0.4, 0.5) is 0 Å². The van der Waals surface area contributed by atoms with Gasteiger partial charge in [0.2, 0.25) is 6.29 Å². The highest BCUT2D eigenvalue weighted by Gasteiger charge is 2.49. The SMILES string of the molecule is CCCOC(=O)c1ccccc1C(=O)O[C@@H]1O[C@H](C(=O)OCc2ccccc2)[C@@H](O)[C@H](O)[C@H]1O. The smallest absolute Gasteiger partial charge is 0.341 e. The number of aliphatic hydroxyl groups is 3. The standard InChI is InChI=1S/C24H26O10/c1-2-12-31-21(28)15-10-6-7-11-16(15)22(29)34-24-19(27)17(25)18(26)20(33-24)23(30)32-13-14-8-4-3-5-9-14/h3-11,17-20,24-27H,2,12-13H2,1H3/t17-,18-,19+,20-,24-/m0/s1. The third kappa shape index (κ3) is 5.97. The molecule has 0 saturated carbocycles. The van der Waals surface area contributed by atoms with Crippen LogP contribution >= 0.6 is 0 Å². The molecule has 1 heterocycles. The van der Waals surface area contributed by atoms with E-state index in [4.69, 9.17) is 18.9 Å². The van der Waals surface area contributed by atoms with Crippen LogP contribution in [0.2, 0.25) is 0 Å². The second-order valence-corrected chi connectivity index (χ2v) is 7.58. The van der Waals surface area contributed by atoms with Crippen molar-refractivity contribution in [2.24, 2.45) is 0 Å². The molecular formula is C24H26O10. The zero-order valence-corrected chi connectivity index (χ0v) is 18.4. The van der Waals surface area contributed by atoms with Crippen molar-refractivity contribution in [3.8, 4) is 0 Å².